The third-order valence-electron chi connectivity index (χ3n) is 3.89. The van der Waals surface area contributed by atoms with Crippen LogP contribution in [0.3, 0.4) is 0 Å². The molecule has 1 N–H and O–H groups in total. The minimum atomic E-state index is -0.415. The standard InChI is InChI=1S/C13H18N2O2/c16-12-3-1-2-6-15(12)8-7-14-9-13(17,10-14)11-4-5-11/h1-3,6,11,17H,4-5,7-10H2. The fraction of sp³-hybridized carbons (Fsp3) is 0.615. The lowest BCUT2D eigenvalue weighted by Crippen LogP contribution is -2.63. The zero-order valence-electron chi connectivity index (χ0n) is 9.88. The van der Waals surface area contributed by atoms with Crippen molar-refractivity contribution in [1.82, 2.24) is 9.47 Å². The lowest BCUT2D eigenvalue weighted by Gasteiger charge is -2.47. The molecule has 1 saturated carbocycles. The zero-order valence-corrected chi connectivity index (χ0v) is 9.88. The van der Waals surface area contributed by atoms with E-state index in [-0.39, 0.29) is 5.56 Å². The Bertz CT molecular complexity index is 458. The summed E-state index contributed by atoms with van der Waals surface area (Å²) in [5.41, 5.74) is -0.368. The molecule has 0 aromatic carbocycles. The molecule has 4 heteroatoms. The fourth-order valence-electron chi connectivity index (χ4n) is 2.66. The summed E-state index contributed by atoms with van der Waals surface area (Å²) in [5, 5.41) is 10.2. The van der Waals surface area contributed by atoms with Gasteiger partial charge in [0.25, 0.3) is 5.56 Å². The highest BCUT2D eigenvalue weighted by Gasteiger charge is 2.51. The summed E-state index contributed by atoms with van der Waals surface area (Å²) in [6.45, 7) is 3.11. The normalized spacial score (nSPS) is 23.4. The van der Waals surface area contributed by atoms with Gasteiger partial charge in [-0.25, -0.2) is 0 Å². The smallest absolute Gasteiger partial charge is 0.250 e. The number of aliphatic hydroxyl groups is 1. The van der Waals surface area contributed by atoms with E-state index in [1.807, 2.05) is 12.3 Å². The van der Waals surface area contributed by atoms with Crippen molar-refractivity contribution in [2.24, 2.45) is 5.92 Å². The molecule has 0 spiro atoms. The zero-order chi connectivity index (χ0) is 11.9. The van der Waals surface area contributed by atoms with E-state index < -0.39 is 5.60 Å². The van der Waals surface area contributed by atoms with Crippen molar-refractivity contribution in [1.29, 1.82) is 0 Å². The maximum atomic E-state index is 11.5. The first-order chi connectivity index (χ1) is 8.17. The summed E-state index contributed by atoms with van der Waals surface area (Å²) >= 11 is 0. The van der Waals surface area contributed by atoms with Crippen LogP contribution in [0.4, 0.5) is 0 Å². The molecule has 92 valence electrons. The third kappa shape index (κ3) is 2.15. The second kappa shape index (κ2) is 3.96. The fourth-order valence-corrected chi connectivity index (χ4v) is 2.66. The highest BCUT2D eigenvalue weighted by atomic mass is 16.3. The van der Waals surface area contributed by atoms with Crippen LogP contribution in [-0.2, 0) is 6.54 Å². The average molecular weight is 234 g/mol. The summed E-state index contributed by atoms with van der Waals surface area (Å²) in [5.74, 6) is 0.540. The van der Waals surface area contributed by atoms with Gasteiger partial charge in [-0.2, -0.15) is 0 Å². The van der Waals surface area contributed by atoms with Crippen molar-refractivity contribution in [3.8, 4) is 0 Å². The molecule has 4 nitrogen and oxygen atoms in total. The highest BCUT2D eigenvalue weighted by Crippen LogP contribution is 2.44. The Morgan fingerprint density at radius 1 is 1.29 bits per heavy atom. The van der Waals surface area contributed by atoms with Gasteiger partial charge in [0.2, 0.25) is 0 Å². The van der Waals surface area contributed by atoms with Crippen LogP contribution in [0.2, 0.25) is 0 Å². The first kappa shape index (κ1) is 11.0. The van der Waals surface area contributed by atoms with Crippen LogP contribution in [0.25, 0.3) is 0 Å². The van der Waals surface area contributed by atoms with E-state index >= 15 is 0 Å². The van der Waals surface area contributed by atoms with Crippen molar-refractivity contribution in [2.45, 2.75) is 25.0 Å². The van der Waals surface area contributed by atoms with E-state index in [4.69, 9.17) is 0 Å². The van der Waals surface area contributed by atoms with Crippen LogP contribution >= 0.6 is 0 Å². The van der Waals surface area contributed by atoms with Gasteiger partial charge in [-0.3, -0.25) is 9.69 Å². The van der Waals surface area contributed by atoms with Crippen molar-refractivity contribution in [3.63, 3.8) is 0 Å². The third-order valence-corrected chi connectivity index (χ3v) is 3.89. The van der Waals surface area contributed by atoms with E-state index in [9.17, 15) is 9.90 Å². The molecule has 2 aliphatic rings. The van der Waals surface area contributed by atoms with Gasteiger partial charge < -0.3 is 9.67 Å². The van der Waals surface area contributed by atoms with Gasteiger partial charge in [-0.15, -0.1) is 0 Å². The molecule has 17 heavy (non-hydrogen) atoms. The molecule has 0 bridgehead atoms. The molecule has 1 aliphatic carbocycles. The number of β-amino-alcohol motifs (C(OH)–C–C–N with tert-alkyl or cyclic N) is 1. The molecule has 3 rings (SSSR count). The molecule has 0 amide bonds. The van der Waals surface area contributed by atoms with Crippen molar-refractivity contribution in [3.05, 3.63) is 34.7 Å². The van der Waals surface area contributed by atoms with Crippen LogP contribution in [0, 0.1) is 5.92 Å². The number of aromatic nitrogens is 1. The van der Waals surface area contributed by atoms with Gasteiger partial charge in [0.15, 0.2) is 0 Å². The van der Waals surface area contributed by atoms with Gasteiger partial charge in [-0.05, 0) is 24.8 Å². The molecule has 1 aromatic rings. The van der Waals surface area contributed by atoms with Gasteiger partial charge in [0.1, 0.15) is 0 Å². The lowest BCUT2D eigenvalue weighted by molar-refractivity contribution is -0.113. The summed E-state index contributed by atoms with van der Waals surface area (Å²) in [4.78, 5) is 13.7. The van der Waals surface area contributed by atoms with Crippen LogP contribution in [0.1, 0.15) is 12.8 Å². The maximum Gasteiger partial charge on any atom is 0.250 e. The Balaban J connectivity index is 1.50. The van der Waals surface area contributed by atoms with E-state index in [1.54, 1.807) is 16.7 Å². The maximum absolute atomic E-state index is 11.5. The number of pyridine rings is 1. The minimum absolute atomic E-state index is 0.0467. The van der Waals surface area contributed by atoms with E-state index in [0.717, 1.165) is 19.6 Å². The lowest BCUT2D eigenvalue weighted by atomic mass is 9.89. The van der Waals surface area contributed by atoms with Gasteiger partial charge >= 0.3 is 0 Å². The molecule has 1 aromatic heterocycles. The molecule has 0 radical (unpaired) electrons. The first-order valence-electron chi connectivity index (χ1n) is 6.28. The number of hydrogen-bond acceptors (Lipinski definition) is 3. The molecule has 2 fully saturated rings. The largest absolute Gasteiger partial charge is 0.387 e. The van der Waals surface area contributed by atoms with Crippen LogP contribution in [-0.4, -0.2) is 39.8 Å². The molecule has 2 heterocycles. The minimum Gasteiger partial charge on any atom is -0.387 e. The molecular formula is C13H18N2O2. The van der Waals surface area contributed by atoms with Crippen molar-refractivity contribution < 1.29 is 5.11 Å². The van der Waals surface area contributed by atoms with Gasteiger partial charge in [-0.1, -0.05) is 6.07 Å². The second-order valence-electron chi connectivity index (χ2n) is 5.32. The Hall–Kier alpha value is -1.13. The van der Waals surface area contributed by atoms with E-state index in [0.29, 0.717) is 12.5 Å². The Morgan fingerprint density at radius 2 is 2.06 bits per heavy atom. The predicted octanol–water partition coefficient (Wildman–Crippen LogP) is 0.305. The van der Waals surface area contributed by atoms with E-state index in [1.165, 1.54) is 12.8 Å². The number of hydrogen-bond donors (Lipinski definition) is 1. The van der Waals surface area contributed by atoms with Crippen LogP contribution in [0.15, 0.2) is 29.2 Å². The monoisotopic (exact) mass is 234 g/mol. The number of nitrogens with zero attached hydrogens (tertiary/aromatic N) is 2. The topological polar surface area (TPSA) is 45.5 Å². The van der Waals surface area contributed by atoms with Crippen LogP contribution < -0.4 is 5.56 Å². The quantitative estimate of drug-likeness (QED) is 0.815. The molecule has 1 saturated heterocycles. The average Bonchev–Trinajstić information content (AvgIpc) is 3.08. The van der Waals surface area contributed by atoms with Gasteiger partial charge in [0, 0.05) is 38.4 Å². The Labute approximate surface area is 100 Å². The summed E-state index contributed by atoms with van der Waals surface area (Å²) in [6.07, 6.45) is 4.18. The summed E-state index contributed by atoms with van der Waals surface area (Å²) in [6, 6.07) is 5.21. The SMILES string of the molecule is O=c1ccccn1CCN1CC(O)(C2CC2)C1. The van der Waals surface area contributed by atoms with Crippen molar-refractivity contribution >= 4 is 0 Å². The number of likely N-dealkylation sites (tertiary alicyclic amines) is 1. The molecular weight excluding hydrogens is 216 g/mol. The Kier molecular flexibility index (Phi) is 2.56. The number of rotatable bonds is 4. The van der Waals surface area contributed by atoms with Crippen LogP contribution in [0.5, 0.6) is 0 Å². The van der Waals surface area contributed by atoms with Crippen molar-refractivity contribution in [2.75, 3.05) is 19.6 Å². The molecule has 1 aliphatic heterocycles. The molecule has 0 atom stereocenters. The van der Waals surface area contributed by atoms with Gasteiger partial charge in [0.05, 0.1) is 5.60 Å². The van der Waals surface area contributed by atoms with E-state index in [2.05, 4.69) is 4.90 Å². The first-order valence-corrected chi connectivity index (χ1v) is 6.28. The summed E-state index contributed by atoms with van der Waals surface area (Å²) in [7, 11) is 0. The second-order valence-corrected chi connectivity index (χ2v) is 5.32. The predicted molar refractivity (Wildman–Crippen MR) is 64.8 cm³/mol. The summed E-state index contributed by atoms with van der Waals surface area (Å²) < 4.78 is 1.72. The highest BCUT2D eigenvalue weighted by molar-refractivity contribution is 5.05. The Morgan fingerprint density at radius 3 is 2.71 bits per heavy atom. The molecule has 0 unspecified atom stereocenters.